The van der Waals surface area contributed by atoms with Crippen molar-refractivity contribution < 1.29 is 19.4 Å². The summed E-state index contributed by atoms with van der Waals surface area (Å²) in [5.74, 6) is -0.529. The van der Waals surface area contributed by atoms with E-state index in [1.165, 1.54) is 25.3 Å². The van der Waals surface area contributed by atoms with E-state index in [1.54, 1.807) is 24.0 Å². The summed E-state index contributed by atoms with van der Waals surface area (Å²) in [7, 11) is 3.10. The molecule has 1 aromatic heterocycles. The van der Waals surface area contributed by atoms with Gasteiger partial charge in [-0.05, 0) is 12.1 Å². The van der Waals surface area contributed by atoms with Gasteiger partial charge in [-0.1, -0.05) is 0 Å². The lowest BCUT2D eigenvalue weighted by Gasteiger charge is -2.09. The quantitative estimate of drug-likeness (QED) is 0.795. The summed E-state index contributed by atoms with van der Waals surface area (Å²) >= 11 is 0. The van der Waals surface area contributed by atoms with Gasteiger partial charge in [-0.2, -0.15) is 5.10 Å². The van der Waals surface area contributed by atoms with Crippen molar-refractivity contribution in [3.63, 3.8) is 0 Å². The van der Waals surface area contributed by atoms with Gasteiger partial charge in [-0.3, -0.25) is 10.00 Å². The van der Waals surface area contributed by atoms with E-state index in [0.29, 0.717) is 11.5 Å². The number of carbonyl (C=O) groups is 2. The molecule has 2 amide bonds. The largest absolute Gasteiger partial charge is 0.496 e. The van der Waals surface area contributed by atoms with E-state index in [9.17, 15) is 9.59 Å². The van der Waals surface area contributed by atoms with Crippen molar-refractivity contribution in [1.29, 1.82) is 0 Å². The van der Waals surface area contributed by atoms with E-state index in [2.05, 4.69) is 15.7 Å². The number of hydrogen-bond acceptors (Lipinski definition) is 4. The monoisotopic (exact) mass is 290 g/mol. The number of aryl methyl sites for hydroxylation is 1. The highest BCUT2D eigenvalue weighted by atomic mass is 16.5. The fourth-order valence-electron chi connectivity index (χ4n) is 1.71. The Morgan fingerprint density at radius 1 is 1.29 bits per heavy atom. The Labute approximate surface area is 120 Å². The minimum Gasteiger partial charge on any atom is -0.496 e. The van der Waals surface area contributed by atoms with E-state index in [-0.39, 0.29) is 11.3 Å². The number of carboxylic acids is 1. The van der Waals surface area contributed by atoms with Crippen LogP contribution < -0.4 is 15.4 Å². The third-order valence-corrected chi connectivity index (χ3v) is 2.65. The molecule has 0 saturated carbocycles. The fourth-order valence-corrected chi connectivity index (χ4v) is 1.71. The van der Waals surface area contributed by atoms with Crippen molar-refractivity contribution in [2.75, 3.05) is 17.7 Å². The number of amides is 2. The number of anilines is 2. The molecule has 0 aliphatic carbocycles. The normalized spacial score (nSPS) is 10.0. The Hall–Kier alpha value is -3.03. The van der Waals surface area contributed by atoms with Crippen LogP contribution in [0.5, 0.6) is 5.75 Å². The Morgan fingerprint density at radius 2 is 2.05 bits per heavy atom. The molecule has 0 saturated heterocycles. The van der Waals surface area contributed by atoms with Crippen molar-refractivity contribution in [2.24, 2.45) is 7.05 Å². The van der Waals surface area contributed by atoms with E-state index in [4.69, 9.17) is 9.84 Å². The zero-order valence-corrected chi connectivity index (χ0v) is 11.5. The number of benzene rings is 1. The number of aromatic nitrogens is 2. The van der Waals surface area contributed by atoms with Gasteiger partial charge >= 0.3 is 12.0 Å². The molecule has 21 heavy (non-hydrogen) atoms. The van der Waals surface area contributed by atoms with E-state index < -0.39 is 12.0 Å². The minimum absolute atomic E-state index is 0.0215. The van der Waals surface area contributed by atoms with Crippen LogP contribution in [0.15, 0.2) is 30.5 Å². The summed E-state index contributed by atoms with van der Waals surface area (Å²) < 4.78 is 6.54. The summed E-state index contributed by atoms with van der Waals surface area (Å²) in [6, 6.07) is 5.43. The molecule has 2 aromatic rings. The van der Waals surface area contributed by atoms with Crippen LogP contribution in [0.4, 0.5) is 16.3 Å². The van der Waals surface area contributed by atoms with Crippen LogP contribution >= 0.6 is 0 Å². The minimum atomic E-state index is -1.10. The number of hydrogen-bond donors (Lipinski definition) is 3. The van der Waals surface area contributed by atoms with Gasteiger partial charge < -0.3 is 15.2 Å². The van der Waals surface area contributed by atoms with Gasteiger partial charge in [-0.25, -0.2) is 9.59 Å². The molecule has 0 bridgehead atoms. The predicted octanol–water partition coefficient (Wildman–Crippen LogP) is 1.77. The Morgan fingerprint density at radius 3 is 2.62 bits per heavy atom. The molecule has 3 N–H and O–H groups in total. The first kappa shape index (κ1) is 14.4. The molecule has 1 aromatic carbocycles. The number of carbonyl (C=O) groups excluding carboxylic acids is 1. The first-order valence-corrected chi connectivity index (χ1v) is 5.98. The summed E-state index contributed by atoms with van der Waals surface area (Å²) in [5, 5.41) is 18.1. The zero-order chi connectivity index (χ0) is 15.4. The van der Waals surface area contributed by atoms with Crippen LogP contribution in [0.25, 0.3) is 0 Å². The molecular formula is C13H14N4O4. The number of rotatable bonds is 4. The summed E-state index contributed by atoms with van der Waals surface area (Å²) in [4.78, 5) is 22.7. The maximum atomic E-state index is 11.8. The van der Waals surface area contributed by atoms with Gasteiger partial charge in [0.1, 0.15) is 11.3 Å². The van der Waals surface area contributed by atoms with Crippen LogP contribution in [-0.2, 0) is 7.05 Å². The van der Waals surface area contributed by atoms with Crippen LogP contribution in [0, 0.1) is 0 Å². The average Bonchev–Trinajstić information content (AvgIpc) is 2.83. The number of nitrogens with one attached hydrogen (secondary N) is 2. The Kier molecular flexibility index (Phi) is 4.07. The van der Waals surface area contributed by atoms with Crippen LogP contribution in [0.1, 0.15) is 10.4 Å². The highest BCUT2D eigenvalue weighted by molar-refractivity contribution is 6.00. The standard InChI is InChI=1S/C13H14N4O4/c1-17-6-5-11(16-17)15-13(20)14-8-3-4-9(12(18)19)10(7-8)21-2/h3-7H,1-2H3,(H,18,19)(H2,14,15,16,20). The topological polar surface area (TPSA) is 105 Å². The molecular weight excluding hydrogens is 276 g/mol. The number of nitrogens with zero attached hydrogens (tertiary/aromatic N) is 2. The molecule has 8 heteroatoms. The zero-order valence-electron chi connectivity index (χ0n) is 11.5. The van der Waals surface area contributed by atoms with Crippen molar-refractivity contribution in [3.05, 3.63) is 36.0 Å². The maximum Gasteiger partial charge on any atom is 0.339 e. The molecule has 1 heterocycles. The van der Waals surface area contributed by atoms with Gasteiger partial charge in [0.25, 0.3) is 0 Å². The molecule has 0 unspecified atom stereocenters. The first-order valence-electron chi connectivity index (χ1n) is 5.98. The SMILES string of the molecule is COc1cc(NC(=O)Nc2ccn(C)n2)ccc1C(=O)O. The van der Waals surface area contributed by atoms with Gasteiger partial charge in [0.05, 0.1) is 7.11 Å². The number of carboxylic acid groups (broad SMARTS) is 1. The lowest BCUT2D eigenvalue weighted by molar-refractivity contribution is 0.0693. The average molecular weight is 290 g/mol. The number of methoxy groups -OCH3 is 1. The van der Waals surface area contributed by atoms with Gasteiger partial charge in [0.2, 0.25) is 0 Å². The Bertz CT molecular complexity index is 681. The second-order valence-electron chi connectivity index (χ2n) is 4.17. The van der Waals surface area contributed by atoms with Gasteiger partial charge in [0, 0.05) is 31.1 Å². The molecule has 0 aliphatic heterocycles. The molecule has 0 spiro atoms. The summed E-state index contributed by atoms with van der Waals surface area (Å²) in [6.07, 6.45) is 1.69. The van der Waals surface area contributed by atoms with Crippen LogP contribution in [-0.4, -0.2) is 34.0 Å². The lowest BCUT2D eigenvalue weighted by Crippen LogP contribution is -2.20. The molecule has 0 radical (unpaired) electrons. The summed E-state index contributed by atoms with van der Waals surface area (Å²) in [5.41, 5.74) is 0.429. The maximum absolute atomic E-state index is 11.8. The summed E-state index contributed by atoms with van der Waals surface area (Å²) in [6.45, 7) is 0. The van der Waals surface area contributed by atoms with Crippen molar-refractivity contribution in [2.45, 2.75) is 0 Å². The Balaban J connectivity index is 2.08. The molecule has 0 aliphatic rings. The smallest absolute Gasteiger partial charge is 0.339 e. The third-order valence-electron chi connectivity index (χ3n) is 2.65. The molecule has 110 valence electrons. The number of aromatic carboxylic acids is 1. The molecule has 0 fully saturated rings. The third kappa shape index (κ3) is 3.50. The second-order valence-corrected chi connectivity index (χ2v) is 4.17. The van der Waals surface area contributed by atoms with Crippen LogP contribution in [0.2, 0.25) is 0 Å². The van der Waals surface area contributed by atoms with Crippen molar-refractivity contribution in [1.82, 2.24) is 9.78 Å². The van der Waals surface area contributed by atoms with E-state index >= 15 is 0 Å². The lowest BCUT2D eigenvalue weighted by atomic mass is 10.2. The number of ether oxygens (including phenoxy) is 1. The second kappa shape index (κ2) is 5.95. The molecule has 8 nitrogen and oxygen atoms in total. The molecule has 2 rings (SSSR count). The first-order chi connectivity index (χ1) is 9.99. The van der Waals surface area contributed by atoms with E-state index in [1.807, 2.05) is 0 Å². The highest BCUT2D eigenvalue weighted by Crippen LogP contribution is 2.23. The van der Waals surface area contributed by atoms with E-state index in [0.717, 1.165) is 0 Å². The van der Waals surface area contributed by atoms with Crippen LogP contribution in [0.3, 0.4) is 0 Å². The van der Waals surface area contributed by atoms with Gasteiger partial charge in [-0.15, -0.1) is 0 Å². The van der Waals surface area contributed by atoms with Crippen molar-refractivity contribution in [3.8, 4) is 5.75 Å². The predicted molar refractivity (Wildman–Crippen MR) is 75.8 cm³/mol. The molecule has 0 atom stereocenters. The fraction of sp³-hybridized carbons (Fsp3) is 0.154. The van der Waals surface area contributed by atoms with Gasteiger partial charge in [0.15, 0.2) is 5.82 Å². The highest BCUT2D eigenvalue weighted by Gasteiger charge is 2.12. The number of urea groups is 1. The van der Waals surface area contributed by atoms with Crippen molar-refractivity contribution >= 4 is 23.5 Å².